The Labute approximate surface area is 128 Å². The molecule has 122 valence electrons. The summed E-state index contributed by atoms with van der Waals surface area (Å²) in [7, 11) is 0. The summed E-state index contributed by atoms with van der Waals surface area (Å²) in [6.45, 7) is 13.7. The van der Waals surface area contributed by atoms with Crippen LogP contribution in [0.4, 0.5) is 0 Å². The third-order valence-corrected chi connectivity index (χ3v) is 2.68. The largest absolute Gasteiger partial charge is 0.389 e. The lowest BCUT2D eigenvalue weighted by atomic mass is 10.2. The van der Waals surface area contributed by atoms with Crippen LogP contribution in [0.1, 0.15) is 6.42 Å². The fourth-order valence-corrected chi connectivity index (χ4v) is 1.81. The molecule has 0 aromatic rings. The van der Waals surface area contributed by atoms with Crippen molar-refractivity contribution < 1.29 is 19.7 Å². The lowest BCUT2D eigenvalue weighted by Gasteiger charge is -2.26. The van der Waals surface area contributed by atoms with E-state index in [2.05, 4.69) is 19.7 Å². The quantitative estimate of drug-likeness (QED) is 0.349. The average molecular weight is 299 g/mol. The van der Waals surface area contributed by atoms with Crippen molar-refractivity contribution in [1.29, 1.82) is 0 Å². The van der Waals surface area contributed by atoms with Crippen LogP contribution in [0.2, 0.25) is 0 Å². The lowest BCUT2D eigenvalue weighted by Crippen LogP contribution is -2.41. The summed E-state index contributed by atoms with van der Waals surface area (Å²) < 4.78 is 10.4. The maximum Gasteiger partial charge on any atom is 0.0900 e. The van der Waals surface area contributed by atoms with E-state index in [0.29, 0.717) is 26.3 Å². The molecule has 0 aliphatic rings. The Kier molecular flexibility index (Phi) is 13.3. The van der Waals surface area contributed by atoms with E-state index in [1.165, 1.54) is 0 Å². The van der Waals surface area contributed by atoms with Crippen LogP contribution in [0, 0.1) is 0 Å². The maximum absolute atomic E-state index is 9.92. The van der Waals surface area contributed by atoms with E-state index in [1.807, 2.05) is 11.0 Å². The normalized spacial score (nSPS) is 13.9. The van der Waals surface area contributed by atoms with E-state index in [1.54, 1.807) is 12.2 Å². The van der Waals surface area contributed by atoms with Gasteiger partial charge in [0.2, 0.25) is 0 Å². The van der Waals surface area contributed by atoms with Crippen molar-refractivity contribution >= 4 is 0 Å². The highest BCUT2D eigenvalue weighted by molar-refractivity contribution is 4.75. The van der Waals surface area contributed by atoms with Gasteiger partial charge in [-0.1, -0.05) is 18.2 Å². The van der Waals surface area contributed by atoms with E-state index in [-0.39, 0.29) is 13.2 Å². The number of nitrogens with zero attached hydrogens (tertiary/aromatic N) is 1. The first-order valence-electron chi connectivity index (χ1n) is 7.20. The van der Waals surface area contributed by atoms with Crippen LogP contribution >= 0.6 is 0 Å². The van der Waals surface area contributed by atoms with Gasteiger partial charge in [0.25, 0.3) is 0 Å². The van der Waals surface area contributed by atoms with E-state index in [9.17, 15) is 10.2 Å². The Balaban J connectivity index is 4.12. The summed E-state index contributed by atoms with van der Waals surface area (Å²) in [5.41, 5.74) is 0. The average Bonchev–Trinajstić information content (AvgIpc) is 2.45. The van der Waals surface area contributed by atoms with Crippen molar-refractivity contribution in [3.8, 4) is 0 Å². The van der Waals surface area contributed by atoms with Crippen molar-refractivity contribution in [2.45, 2.75) is 18.6 Å². The predicted molar refractivity (Wildman–Crippen MR) is 85.3 cm³/mol. The second kappa shape index (κ2) is 14.0. The summed E-state index contributed by atoms with van der Waals surface area (Å²) in [6, 6.07) is 0. The molecular formula is C16H29NO4. The van der Waals surface area contributed by atoms with Crippen LogP contribution in [-0.2, 0) is 9.47 Å². The zero-order valence-electron chi connectivity index (χ0n) is 12.8. The second-order valence-electron chi connectivity index (χ2n) is 4.80. The molecule has 5 heteroatoms. The van der Waals surface area contributed by atoms with E-state index < -0.39 is 12.2 Å². The Hall–Kier alpha value is -0.980. The molecule has 0 aromatic heterocycles. The molecule has 21 heavy (non-hydrogen) atoms. The molecule has 0 heterocycles. The predicted octanol–water partition coefficient (Wildman–Crippen LogP) is 0.991. The molecule has 0 aliphatic carbocycles. The van der Waals surface area contributed by atoms with E-state index in [4.69, 9.17) is 9.47 Å². The summed E-state index contributed by atoms with van der Waals surface area (Å²) >= 11 is 0. The molecule has 0 amide bonds. The fraction of sp³-hybridized carbons (Fsp3) is 0.625. The number of aliphatic hydroxyl groups excluding tert-OH is 2. The van der Waals surface area contributed by atoms with Gasteiger partial charge in [0.05, 0.1) is 38.6 Å². The van der Waals surface area contributed by atoms with Crippen LogP contribution in [0.15, 0.2) is 38.0 Å². The highest BCUT2D eigenvalue weighted by Gasteiger charge is 2.15. The first-order valence-corrected chi connectivity index (χ1v) is 7.20. The minimum atomic E-state index is -0.601. The molecule has 0 bridgehead atoms. The van der Waals surface area contributed by atoms with Crippen LogP contribution in [-0.4, -0.2) is 73.4 Å². The molecule has 2 unspecified atom stereocenters. The third kappa shape index (κ3) is 12.5. The fourth-order valence-electron chi connectivity index (χ4n) is 1.81. The molecule has 5 nitrogen and oxygen atoms in total. The summed E-state index contributed by atoms with van der Waals surface area (Å²) in [5, 5.41) is 19.8. The monoisotopic (exact) mass is 299 g/mol. The van der Waals surface area contributed by atoms with E-state index >= 15 is 0 Å². The summed E-state index contributed by atoms with van der Waals surface area (Å²) in [5.74, 6) is 0. The topological polar surface area (TPSA) is 62.2 Å². The Morgan fingerprint density at radius 1 is 0.857 bits per heavy atom. The Morgan fingerprint density at radius 2 is 1.33 bits per heavy atom. The van der Waals surface area contributed by atoms with Crippen molar-refractivity contribution in [2.75, 3.05) is 46.1 Å². The zero-order chi connectivity index (χ0) is 15.9. The highest BCUT2D eigenvalue weighted by Crippen LogP contribution is 2.00. The highest BCUT2D eigenvalue weighted by atomic mass is 16.5. The van der Waals surface area contributed by atoms with Gasteiger partial charge in [-0.05, 0) is 6.42 Å². The van der Waals surface area contributed by atoms with Gasteiger partial charge in [-0.25, -0.2) is 0 Å². The summed E-state index contributed by atoms with van der Waals surface area (Å²) in [6.07, 6.45) is 4.69. The molecule has 0 saturated heterocycles. The number of ether oxygens (including phenoxy) is 2. The molecule has 0 rings (SSSR count). The molecule has 0 aromatic carbocycles. The molecule has 0 fully saturated rings. The van der Waals surface area contributed by atoms with Crippen molar-refractivity contribution in [2.24, 2.45) is 0 Å². The van der Waals surface area contributed by atoms with E-state index in [0.717, 1.165) is 13.0 Å². The standard InChI is InChI=1S/C16H29NO4/c1-4-7-8-17(11-15(18)13-20-9-5-2)12-16(19)14-21-10-6-3/h4-6,15-16,18-19H,1-3,7-14H2. The van der Waals surface area contributed by atoms with Gasteiger partial charge < -0.3 is 19.7 Å². The molecular weight excluding hydrogens is 270 g/mol. The smallest absolute Gasteiger partial charge is 0.0900 e. The van der Waals surface area contributed by atoms with Gasteiger partial charge in [0.1, 0.15) is 0 Å². The lowest BCUT2D eigenvalue weighted by molar-refractivity contribution is -0.00215. The van der Waals surface area contributed by atoms with Gasteiger partial charge in [-0.2, -0.15) is 0 Å². The van der Waals surface area contributed by atoms with Crippen LogP contribution < -0.4 is 0 Å². The molecule has 0 spiro atoms. The van der Waals surface area contributed by atoms with Gasteiger partial charge in [0.15, 0.2) is 0 Å². The summed E-state index contributed by atoms with van der Waals surface area (Å²) in [4.78, 5) is 1.98. The third-order valence-electron chi connectivity index (χ3n) is 2.68. The molecule has 2 atom stereocenters. The first-order chi connectivity index (χ1) is 10.1. The van der Waals surface area contributed by atoms with Crippen molar-refractivity contribution in [3.63, 3.8) is 0 Å². The Morgan fingerprint density at radius 3 is 1.71 bits per heavy atom. The van der Waals surface area contributed by atoms with Crippen LogP contribution in [0.3, 0.4) is 0 Å². The van der Waals surface area contributed by atoms with Crippen molar-refractivity contribution in [3.05, 3.63) is 38.0 Å². The van der Waals surface area contributed by atoms with Crippen LogP contribution in [0.5, 0.6) is 0 Å². The van der Waals surface area contributed by atoms with Gasteiger partial charge in [-0.3, -0.25) is 4.90 Å². The second-order valence-corrected chi connectivity index (χ2v) is 4.80. The number of hydrogen-bond donors (Lipinski definition) is 2. The van der Waals surface area contributed by atoms with Crippen molar-refractivity contribution in [1.82, 2.24) is 4.90 Å². The molecule has 2 N–H and O–H groups in total. The zero-order valence-corrected chi connectivity index (χ0v) is 12.8. The maximum atomic E-state index is 9.92. The number of aliphatic hydroxyl groups is 2. The molecule has 0 aliphatic heterocycles. The first kappa shape index (κ1) is 20.0. The SMILES string of the molecule is C=CCCN(CC(O)COCC=C)CC(O)COCC=C. The van der Waals surface area contributed by atoms with Gasteiger partial charge in [-0.15, -0.1) is 19.7 Å². The minimum Gasteiger partial charge on any atom is -0.389 e. The van der Waals surface area contributed by atoms with Crippen LogP contribution in [0.25, 0.3) is 0 Å². The number of rotatable bonds is 15. The van der Waals surface area contributed by atoms with Gasteiger partial charge in [0, 0.05) is 19.6 Å². The molecule has 0 saturated carbocycles. The molecule has 0 radical (unpaired) electrons. The Bertz CT molecular complexity index is 261. The van der Waals surface area contributed by atoms with Gasteiger partial charge >= 0.3 is 0 Å². The minimum absolute atomic E-state index is 0.250. The number of hydrogen-bond acceptors (Lipinski definition) is 5.